The van der Waals surface area contributed by atoms with Crippen molar-refractivity contribution in [3.63, 3.8) is 0 Å². The van der Waals surface area contributed by atoms with E-state index in [4.69, 9.17) is 5.11 Å². The number of hydrogen-bond acceptors (Lipinski definition) is 3. The van der Waals surface area contributed by atoms with Gasteiger partial charge in [-0.1, -0.05) is 0 Å². The Morgan fingerprint density at radius 2 is 2.05 bits per heavy atom. The topological polar surface area (TPSA) is 86.7 Å². The van der Waals surface area contributed by atoms with Crippen LogP contribution in [-0.2, 0) is 9.59 Å². The molecule has 1 aliphatic rings. The summed E-state index contributed by atoms with van der Waals surface area (Å²) in [7, 11) is 0. The Morgan fingerprint density at radius 1 is 1.32 bits per heavy atom. The summed E-state index contributed by atoms with van der Waals surface area (Å²) in [6, 6.07) is 4.42. The number of nitrogens with one attached hydrogen (secondary N) is 1. The third-order valence-electron chi connectivity index (χ3n) is 2.87. The molecule has 0 spiro atoms. The minimum atomic E-state index is -1.10. The van der Waals surface area contributed by atoms with E-state index in [-0.39, 0.29) is 17.4 Å². The number of carbonyl (C=O) groups excluding carboxylic acids is 2. The molecule has 19 heavy (non-hydrogen) atoms. The first-order valence-corrected chi connectivity index (χ1v) is 5.94. The Hall–Kier alpha value is -2.37. The van der Waals surface area contributed by atoms with Crippen molar-refractivity contribution in [2.75, 3.05) is 16.8 Å². The second-order valence-corrected chi connectivity index (χ2v) is 4.40. The van der Waals surface area contributed by atoms with Crippen LogP contribution in [0.3, 0.4) is 0 Å². The van der Waals surface area contributed by atoms with E-state index >= 15 is 0 Å². The number of rotatable bonds is 3. The van der Waals surface area contributed by atoms with E-state index in [2.05, 4.69) is 5.32 Å². The third kappa shape index (κ3) is 2.90. The molecule has 1 aromatic carbocycles. The van der Waals surface area contributed by atoms with Gasteiger partial charge in [0.15, 0.2) is 0 Å². The highest BCUT2D eigenvalue weighted by Crippen LogP contribution is 2.26. The minimum absolute atomic E-state index is 0.0312. The van der Waals surface area contributed by atoms with Crippen LogP contribution in [0.25, 0.3) is 0 Å². The molecule has 0 unspecified atom stereocenters. The molecule has 0 aliphatic carbocycles. The Balaban J connectivity index is 2.41. The second kappa shape index (κ2) is 5.09. The first-order chi connectivity index (χ1) is 8.97. The van der Waals surface area contributed by atoms with Crippen molar-refractivity contribution in [1.29, 1.82) is 0 Å². The predicted octanol–water partition coefficient (Wildman–Crippen LogP) is 1.47. The first kappa shape index (κ1) is 13.1. The standard InChI is InChI=1S/C13H14N2O4/c1-8(16)14-10-5-9(13(18)19)6-11(7-10)15-4-2-3-12(15)17/h5-7H,2-4H2,1H3,(H,14,16)(H,18,19). The lowest BCUT2D eigenvalue weighted by atomic mass is 10.1. The van der Waals surface area contributed by atoms with Crippen LogP contribution >= 0.6 is 0 Å². The largest absolute Gasteiger partial charge is 0.478 e. The Labute approximate surface area is 110 Å². The molecule has 0 radical (unpaired) electrons. The van der Waals surface area contributed by atoms with Crippen molar-refractivity contribution in [2.24, 2.45) is 0 Å². The fraction of sp³-hybridized carbons (Fsp3) is 0.308. The zero-order chi connectivity index (χ0) is 14.0. The molecule has 2 N–H and O–H groups in total. The number of nitrogens with zero attached hydrogens (tertiary/aromatic N) is 1. The van der Waals surface area contributed by atoms with Gasteiger partial charge in [0.05, 0.1) is 5.56 Å². The van der Waals surface area contributed by atoms with Crippen molar-refractivity contribution >= 4 is 29.2 Å². The third-order valence-corrected chi connectivity index (χ3v) is 2.87. The smallest absolute Gasteiger partial charge is 0.335 e. The van der Waals surface area contributed by atoms with Crippen LogP contribution in [0.2, 0.25) is 0 Å². The summed E-state index contributed by atoms with van der Waals surface area (Å²) in [5, 5.41) is 11.6. The van der Waals surface area contributed by atoms with Gasteiger partial charge in [0, 0.05) is 31.3 Å². The number of hydrogen-bond donors (Lipinski definition) is 2. The maximum Gasteiger partial charge on any atom is 0.335 e. The monoisotopic (exact) mass is 262 g/mol. The quantitative estimate of drug-likeness (QED) is 0.863. The Kier molecular flexibility index (Phi) is 3.50. The van der Waals surface area contributed by atoms with Crippen LogP contribution in [0.1, 0.15) is 30.1 Å². The molecule has 0 atom stereocenters. The molecule has 1 aromatic rings. The van der Waals surface area contributed by atoms with Crippen molar-refractivity contribution in [1.82, 2.24) is 0 Å². The SMILES string of the molecule is CC(=O)Nc1cc(C(=O)O)cc(N2CCCC2=O)c1. The zero-order valence-electron chi connectivity index (χ0n) is 10.5. The molecule has 1 saturated heterocycles. The molecule has 6 nitrogen and oxygen atoms in total. The summed E-state index contributed by atoms with van der Waals surface area (Å²) in [5.74, 6) is -1.42. The molecule has 6 heteroatoms. The molecular formula is C13H14N2O4. The molecule has 1 aliphatic heterocycles. The van der Waals surface area contributed by atoms with Crippen LogP contribution < -0.4 is 10.2 Å². The number of amides is 2. The highest BCUT2D eigenvalue weighted by Gasteiger charge is 2.23. The number of aromatic carboxylic acids is 1. The molecule has 1 fully saturated rings. The highest BCUT2D eigenvalue weighted by molar-refractivity contribution is 5.99. The van der Waals surface area contributed by atoms with Gasteiger partial charge in [0.2, 0.25) is 11.8 Å². The number of benzene rings is 1. The van der Waals surface area contributed by atoms with Crippen LogP contribution in [0.15, 0.2) is 18.2 Å². The van der Waals surface area contributed by atoms with Crippen molar-refractivity contribution < 1.29 is 19.5 Å². The second-order valence-electron chi connectivity index (χ2n) is 4.40. The number of anilines is 2. The zero-order valence-corrected chi connectivity index (χ0v) is 10.5. The van der Waals surface area contributed by atoms with Crippen LogP contribution in [0, 0.1) is 0 Å². The van der Waals surface area contributed by atoms with Crippen LogP contribution in [-0.4, -0.2) is 29.4 Å². The number of carboxylic acid groups (broad SMARTS) is 1. The van der Waals surface area contributed by atoms with E-state index in [9.17, 15) is 14.4 Å². The molecule has 2 rings (SSSR count). The summed E-state index contributed by atoms with van der Waals surface area (Å²) in [6.07, 6.45) is 1.22. The maximum absolute atomic E-state index is 11.7. The van der Waals surface area contributed by atoms with E-state index in [1.165, 1.54) is 24.0 Å². The molecule has 2 amide bonds. The van der Waals surface area contributed by atoms with Gasteiger partial charge in [-0.2, -0.15) is 0 Å². The van der Waals surface area contributed by atoms with Gasteiger partial charge in [-0.05, 0) is 24.6 Å². The van der Waals surface area contributed by atoms with Crippen LogP contribution in [0.4, 0.5) is 11.4 Å². The van der Waals surface area contributed by atoms with Crippen molar-refractivity contribution in [2.45, 2.75) is 19.8 Å². The van der Waals surface area contributed by atoms with Gasteiger partial charge >= 0.3 is 5.97 Å². The highest BCUT2D eigenvalue weighted by atomic mass is 16.4. The van der Waals surface area contributed by atoms with Gasteiger partial charge in [-0.25, -0.2) is 4.79 Å². The lowest BCUT2D eigenvalue weighted by Gasteiger charge is -2.17. The van der Waals surface area contributed by atoms with Crippen molar-refractivity contribution in [3.8, 4) is 0 Å². The van der Waals surface area contributed by atoms with E-state index in [1.807, 2.05) is 0 Å². The van der Waals surface area contributed by atoms with Gasteiger partial charge in [-0.3, -0.25) is 9.59 Å². The fourth-order valence-electron chi connectivity index (χ4n) is 2.09. The summed E-state index contributed by atoms with van der Waals surface area (Å²) >= 11 is 0. The summed E-state index contributed by atoms with van der Waals surface area (Å²) in [5.41, 5.74) is 0.925. The molecule has 1 heterocycles. The summed E-state index contributed by atoms with van der Waals surface area (Å²) in [6.45, 7) is 1.91. The molecule has 0 bridgehead atoms. The van der Waals surface area contributed by atoms with E-state index in [0.717, 1.165) is 6.42 Å². The Morgan fingerprint density at radius 3 is 2.58 bits per heavy atom. The fourth-order valence-corrected chi connectivity index (χ4v) is 2.09. The maximum atomic E-state index is 11.7. The summed E-state index contributed by atoms with van der Waals surface area (Å²) < 4.78 is 0. The molecule has 0 aromatic heterocycles. The van der Waals surface area contributed by atoms with Crippen LogP contribution in [0.5, 0.6) is 0 Å². The van der Waals surface area contributed by atoms with Gasteiger partial charge < -0.3 is 15.3 Å². The molecular weight excluding hydrogens is 248 g/mol. The lowest BCUT2D eigenvalue weighted by Crippen LogP contribution is -2.24. The van der Waals surface area contributed by atoms with Gasteiger partial charge in [0.1, 0.15) is 0 Å². The molecule has 0 saturated carbocycles. The predicted molar refractivity (Wildman–Crippen MR) is 69.3 cm³/mol. The lowest BCUT2D eigenvalue weighted by molar-refractivity contribution is -0.117. The Bertz CT molecular complexity index is 554. The normalized spacial score (nSPS) is 14.6. The first-order valence-electron chi connectivity index (χ1n) is 5.94. The van der Waals surface area contributed by atoms with Crippen molar-refractivity contribution in [3.05, 3.63) is 23.8 Å². The van der Waals surface area contributed by atoms with Gasteiger partial charge in [0.25, 0.3) is 0 Å². The molecule has 100 valence electrons. The minimum Gasteiger partial charge on any atom is -0.478 e. The van der Waals surface area contributed by atoms with E-state index in [1.54, 1.807) is 6.07 Å². The van der Waals surface area contributed by atoms with E-state index in [0.29, 0.717) is 24.3 Å². The summed E-state index contributed by atoms with van der Waals surface area (Å²) in [4.78, 5) is 35.3. The van der Waals surface area contributed by atoms with Gasteiger partial charge in [-0.15, -0.1) is 0 Å². The average molecular weight is 262 g/mol. The number of carboxylic acids is 1. The number of carbonyl (C=O) groups is 3. The van der Waals surface area contributed by atoms with E-state index < -0.39 is 5.97 Å². The average Bonchev–Trinajstić information content (AvgIpc) is 2.74.